The highest BCUT2D eigenvalue weighted by molar-refractivity contribution is 7.12. The van der Waals surface area contributed by atoms with Crippen molar-refractivity contribution in [2.24, 2.45) is 0 Å². The van der Waals surface area contributed by atoms with E-state index in [9.17, 15) is 14.9 Å². The molecule has 3 heterocycles. The minimum Gasteiger partial charge on any atom is -0.479 e. The Bertz CT molecular complexity index is 1500. The molecule has 1 atom stereocenters. The number of nitrogens with one attached hydrogen (secondary N) is 1. The minimum atomic E-state index is -0.500. The van der Waals surface area contributed by atoms with Gasteiger partial charge in [0.1, 0.15) is 5.75 Å². The molecule has 0 bridgehead atoms. The number of pyridine rings is 1. The van der Waals surface area contributed by atoms with Crippen LogP contribution in [0, 0.1) is 10.1 Å². The number of ketones is 1. The Morgan fingerprint density at radius 2 is 1.81 bits per heavy atom. The zero-order valence-corrected chi connectivity index (χ0v) is 19.8. The number of nitrogens with zero attached hydrogens (tertiary/aromatic N) is 3. The quantitative estimate of drug-likeness (QED) is 0.127. The van der Waals surface area contributed by atoms with Crippen molar-refractivity contribution < 1.29 is 19.0 Å². The molecule has 0 saturated heterocycles. The summed E-state index contributed by atoms with van der Waals surface area (Å²) < 4.78 is 8.05. The van der Waals surface area contributed by atoms with Crippen LogP contribution >= 0.6 is 11.3 Å². The predicted molar refractivity (Wildman–Crippen MR) is 135 cm³/mol. The molecule has 0 spiro atoms. The van der Waals surface area contributed by atoms with Gasteiger partial charge in [0.15, 0.2) is 18.5 Å². The first kappa shape index (κ1) is 23.1. The number of thiophene rings is 1. The molecule has 2 aromatic carbocycles. The summed E-state index contributed by atoms with van der Waals surface area (Å²) in [6.45, 7) is 0.0620. The van der Waals surface area contributed by atoms with Crippen molar-refractivity contribution >= 4 is 22.8 Å². The van der Waals surface area contributed by atoms with Crippen LogP contribution in [0.15, 0.2) is 103 Å². The first-order valence-corrected chi connectivity index (χ1v) is 12.0. The SMILES string of the molecule is O=C(C[n+]1cccc(-c2cc(C(Oc3ccccc3)c3ccccc3)[nH]n2)c1)c1cc([N+](=O)[O-])cs1. The van der Waals surface area contributed by atoms with Gasteiger partial charge in [-0.3, -0.25) is 20.0 Å². The lowest BCUT2D eigenvalue weighted by molar-refractivity contribution is -0.682. The van der Waals surface area contributed by atoms with Crippen molar-refractivity contribution in [3.63, 3.8) is 0 Å². The summed E-state index contributed by atoms with van der Waals surface area (Å²) in [6.07, 6.45) is 3.22. The number of aromatic nitrogens is 3. The number of aromatic amines is 1. The number of carbonyl (C=O) groups excluding carboxylic acids is 1. The van der Waals surface area contributed by atoms with Gasteiger partial charge < -0.3 is 4.74 Å². The van der Waals surface area contributed by atoms with Gasteiger partial charge >= 0.3 is 0 Å². The Labute approximate surface area is 210 Å². The third-order valence-electron chi connectivity index (χ3n) is 5.53. The van der Waals surface area contributed by atoms with Gasteiger partial charge in [0.2, 0.25) is 12.3 Å². The Hall–Kier alpha value is -4.63. The molecule has 0 saturated carbocycles. The number of benzene rings is 2. The van der Waals surface area contributed by atoms with Gasteiger partial charge in [-0.05, 0) is 29.8 Å². The number of Topliss-reactive ketones (excluding diaryl/α,β-unsaturated/α-hetero) is 1. The average molecular weight is 498 g/mol. The Morgan fingerprint density at radius 1 is 1.06 bits per heavy atom. The lowest BCUT2D eigenvalue weighted by Gasteiger charge is -2.18. The van der Waals surface area contributed by atoms with Crippen molar-refractivity contribution in [2.75, 3.05) is 0 Å². The molecule has 0 amide bonds. The van der Waals surface area contributed by atoms with E-state index in [1.807, 2.05) is 85.1 Å². The second kappa shape index (κ2) is 10.3. The maximum absolute atomic E-state index is 12.7. The molecule has 0 aliphatic carbocycles. The van der Waals surface area contributed by atoms with E-state index in [4.69, 9.17) is 4.74 Å². The molecule has 3 aromatic heterocycles. The molecular weight excluding hydrogens is 476 g/mol. The van der Waals surface area contributed by atoms with Crippen LogP contribution in [-0.4, -0.2) is 20.9 Å². The molecule has 0 aliphatic heterocycles. The summed E-state index contributed by atoms with van der Waals surface area (Å²) in [5.74, 6) is 0.547. The highest BCUT2D eigenvalue weighted by Crippen LogP contribution is 2.29. The lowest BCUT2D eigenvalue weighted by Crippen LogP contribution is -2.37. The molecule has 0 radical (unpaired) electrons. The van der Waals surface area contributed by atoms with E-state index < -0.39 is 4.92 Å². The fourth-order valence-corrected chi connectivity index (χ4v) is 4.56. The molecule has 0 fully saturated rings. The number of ether oxygens (including phenoxy) is 1. The summed E-state index contributed by atoms with van der Waals surface area (Å²) in [4.78, 5) is 23.4. The van der Waals surface area contributed by atoms with Crippen LogP contribution in [-0.2, 0) is 6.54 Å². The van der Waals surface area contributed by atoms with Crippen LogP contribution in [0.3, 0.4) is 0 Å². The second-order valence-corrected chi connectivity index (χ2v) is 8.96. The van der Waals surface area contributed by atoms with Crippen molar-refractivity contribution in [1.82, 2.24) is 10.2 Å². The number of nitro groups is 1. The van der Waals surface area contributed by atoms with Crippen LogP contribution in [0.5, 0.6) is 5.75 Å². The number of hydrogen-bond donors (Lipinski definition) is 1. The molecule has 36 heavy (non-hydrogen) atoms. The summed E-state index contributed by atoms with van der Waals surface area (Å²) in [5, 5.41) is 19.9. The van der Waals surface area contributed by atoms with Gasteiger partial charge in [0.05, 0.1) is 32.1 Å². The zero-order valence-electron chi connectivity index (χ0n) is 19.0. The van der Waals surface area contributed by atoms with E-state index in [0.29, 0.717) is 10.6 Å². The number of rotatable bonds is 9. The van der Waals surface area contributed by atoms with E-state index in [-0.39, 0.29) is 24.1 Å². The minimum absolute atomic E-state index is 0.0620. The van der Waals surface area contributed by atoms with E-state index in [1.54, 1.807) is 10.8 Å². The van der Waals surface area contributed by atoms with Crippen LogP contribution in [0.1, 0.15) is 27.0 Å². The van der Waals surface area contributed by atoms with Crippen LogP contribution in [0.2, 0.25) is 0 Å². The van der Waals surface area contributed by atoms with Crippen molar-refractivity contribution in [1.29, 1.82) is 0 Å². The maximum Gasteiger partial charge on any atom is 0.280 e. The predicted octanol–water partition coefficient (Wildman–Crippen LogP) is 5.39. The normalized spacial score (nSPS) is 11.7. The summed E-state index contributed by atoms with van der Waals surface area (Å²) in [5.41, 5.74) is 3.22. The van der Waals surface area contributed by atoms with Crippen molar-refractivity contribution in [3.05, 3.63) is 129 Å². The smallest absolute Gasteiger partial charge is 0.280 e. The lowest BCUT2D eigenvalue weighted by atomic mass is 10.1. The highest BCUT2D eigenvalue weighted by atomic mass is 32.1. The van der Waals surface area contributed by atoms with Crippen LogP contribution < -0.4 is 9.30 Å². The standard InChI is InChI=1S/C27H21N4O4S/c32-25(26-14-21(18-36-26)31(33)34)17-30-13-7-10-20(16-30)23-15-24(29-28-23)27(19-8-3-1-4-9-19)35-22-11-5-2-6-12-22/h1-16,18,27H,17H2,(H,28,29)/q+1. The molecule has 0 aliphatic rings. The Morgan fingerprint density at radius 3 is 2.53 bits per heavy atom. The van der Waals surface area contributed by atoms with E-state index in [2.05, 4.69) is 10.2 Å². The van der Waals surface area contributed by atoms with Crippen molar-refractivity contribution in [2.45, 2.75) is 12.6 Å². The van der Waals surface area contributed by atoms with Crippen LogP contribution in [0.25, 0.3) is 11.3 Å². The van der Waals surface area contributed by atoms with E-state index in [1.165, 1.54) is 11.4 Å². The van der Waals surface area contributed by atoms with Gasteiger partial charge in [-0.25, -0.2) is 0 Å². The molecule has 8 nitrogen and oxygen atoms in total. The molecule has 1 unspecified atom stereocenters. The summed E-state index contributed by atoms with van der Waals surface area (Å²) in [6, 6.07) is 26.5. The highest BCUT2D eigenvalue weighted by Gasteiger charge is 2.22. The molecule has 9 heteroatoms. The fraction of sp³-hybridized carbons (Fsp3) is 0.0741. The molecule has 178 valence electrons. The third kappa shape index (κ3) is 5.21. The van der Waals surface area contributed by atoms with Gasteiger partial charge in [-0.1, -0.05) is 48.5 Å². The fourth-order valence-electron chi connectivity index (χ4n) is 3.78. The average Bonchev–Trinajstić information content (AvgIpc) is 3.60. The Balaban J connectivity index is 1.38. The molecule has 5 rings (SSSR count). The number of para-hydroxylation sites is 1. The summed E-state index contributed by atoms with van der Waals surface area (Å²) >= 11 is 1.08. The van der Waals surface area contributed by atoms with Gasteiger partial charge in [0, 0.05) is 12.1 Å². The topological polar surface area (TPSA) is 102 Å². The first-order chi connectivity index (χ1) is 17.6. The largest absolute Gasteiger partial charge is 0.479 e. The third-order valence-corrected chi connectivity index (χ3v) is 6.49. The summed E-state index contributed by atoms with van der Waals surface area (Å²) in [7, 11) is 0. The first-order valence-electron chi connectivity index (χ1n) is 11.1. The van der Waals surface area contributed by atoms with Crippen LogP contribution in [0.4, 0.5) is 5.69 Å². The monoisotopic (exact) mass is 497 g/mol. The van der Waals surface area contributed by atoms with Gasteiger partial charge in [-0.15, -0.1) is 11.3 Å². The van der Waals surface area contributed by atoms with Crippen molar-refractivity contribution in [3.8, 4) is 17.0 Å². The van der Waals surface area contributed by atoms with Gasteiger partial charge in [-0.2, -0.15) is 9.67 Å². The number of carbonyl (C=O) groups is 1. The van der Waals surface area contributed by atoms with E-state index in [0.717, 1.165) is 33.9 Å². The van der Waals surface area contributed by atoms with Gasteiger partial charge in [0.25, 0.3) is 5.69 Å². The zero-order chi connectivity index (χ0) is 24.9. The molecule has 5 aromatic rings. The maximum atomic E-state index is 12.7. The van der Waals surface area contributed by atoms with E-state index >= 15 is 0 Å². The second-order valence-electron chi connectivity index (χ2n) is 8.04. The molecule has 1 N–H and O–H groups in total. The number of hydrogen-bond acceptors (Lipinski definition) is 6. The molecular formula is C27H21N4O4S+. The number of H-pyrrole nitrogens is 1. The Kier molecular flexibility index (Phi) is 6.63.